The summed E-state index contributed by atoms with van der Waals surface area (Å²) in [5, 5.41) is 3.47. The lowest BCUT2D eigenvalue weighted by Crippen LogP contribution is -2.25. The number of ether oxygens (including phenoxy) is 1. The van der Waals surface area contributed by atoms with Crippen LogP contribution < -0.4 is 5.32 Å². The molecule has 0 radical (unpaired) electrons. The fraction of sp³-hybridized carbons (Fsp3) is 0.750. The number of nitrogens with one attached hydrogen (secondary N) is 1. The van der Waals surface area contributed by atoms with Crippen LogP contribution in [-0.4, -0.2) is 29.3 Å². The molecule has 1 unspecified atom stereocenters. The summed E-state index contributed by atoms with van der Waals surface area (Å²) in [5.74, 6) is 1.00. The van der Waals surface area contributed by atoms with Gasteiger partial charge >= 0.3 is 0 Å². The number of hydrogen-bond donors (Lipinski definition) is 1. The van der Waals surface area contributed by atoms with E-state index in [0.717, 1.165) is 24.7 Å². The van der Waals surface area contributed by atoms with Gasteiger partial charge in [-0.2, -0.15) is 0 Å². The predicted molar refractivity (Wildman–Crippen MR) is 64.8 cm³/mol. The summed E-state index contributed by atoms with van der Waals surface area (Å²) in [5.41, 5.74) is 1.08. The van der Waals surface area contributed by atoms with Crippen molar-refractivity contribution in [2.45, 2.75) is 45.2 Å². The van der Waals surface area contributed by atoms with Crippen LogP contribution in [0.3, 0.4) is 0 Å². The average Bonchev–Trinajstić information content (AvgIpc) is 3.03. The van der Waals surface area contributed by atoms with Crippen molar-refractivity contribution in [2.24, 2.45) is 0 Å². The molecule has 0 bridgehead atoms. The zero-order valence-electron chi connectivity index (χ0n) is 10.4. The Balaban J connectivity index is 2.06. The van der Waals surface area contributed by atoms with Gasteiger partial charge in [0.25, 0.3) is 0 Å². The zero-order chi connectivity index (χ0) is 11.5. The van der Waals surface area contributed by atoms with E-state index in [4.69, 9.17) is 4.74 Å². The summed E-state index contributed by atoms with van der Waals surface area (Å²) in [6, 6.07) is 1.02. The molecule has 1 aliphatic carbocycles. The van der Waals surface area contributed by atoms with Crippen molar-refractivity contribution in [1.29, 1.82) is 0 Å². The summed E-state index contributed by atoms with van der Waals surface area (Å²) in [7, 11) is 1.74. The molecule has 1 aliphatic rings. The first-order chi connectivity index (χ1) is 7.74. The van der Waals surface area contributed by atoms with Crippen LogP contribution in [0, 0.1) is 6.92 Å². The van der Waals surface area contributed by atoms with Gasteiger partial charge in [0.2, 0.25) is 5.95 Å². The van der Waals surface area contributed by atoms with E-state index < -0.39 is 0 Å². The summed E-state index contributed by atoms with van der Waals surface area (Å²) in [6.07, 6.45) is 5.75. The van der Waals surface area contributed by atoms with Crippen LogP contribution in [0.25, 0.3) is 0 Å². The van der Waals surface area contributed by atoms with E-state index >= 15 is 0 Å². The lowest BCUT2D eigenvalue weighted by atomic mass is 10.2. The fourth-order valence-electron chi connectivity index (χ4n) is 1.90. The molecule has 1 aromatic rings. The van der Waals surface area contributed by atoms with Gasteiger partial charge in [0.15, 0.2) is 0 Å². The molecule has 4 heteroatoms. The van der Waals surface area contributed by atoms with Crippen LogP contribution in [-0.2, 0) is 4.74 Å². The Bertz CT molecular complexity index is 344. The van der Waals surface area contributed by atoms with Crippen LogP contribution in [0.4, 0.5) is 5.95 Å². The molecule has 0 aliphatic heterocycles. The van der Waals surface area contributed by atoms with E-state index in [1.165, 1.54) is 12.8 Å². The van der Waals surface area contributed by atoms with Crippen molar-refractivity contribution in [2.75, 3.05) is 19.0 Å². The van der Waals surface area contributed by atoms with Crippen molar-refractivity contribution in [3.63, 3.8) is 0 Å². The third-order valence-electron chi connectivity index (χ3n) is 2.99. The lowest BCUT2D eigenvalue weighted by molar-refractivity contribution is 0.184. The number of anilines is 1. The number of aryl methyl sites for hydroxylation is 1. The first kappa shape index (κ1) is 11.5. The van der Waals surface area contributed by atoms with Gasteiger partial charge in [0.05, 0.1) is 18.3 Å². The topological polar surface area (TPSA) is 39.1 Å². The second kappa shape index (κ2) is 4.87. The Morgan fingerprint density at radius 3 is 2.94 bits per heavy atom. The van der Waals surface area contributed by atoms with Gasteiger partial charge in [-0.3, -0.25) is 0 Å². The maximum Gasteiger partial charge on any atom is 0.203 e. The third kappa shape index (κ3) is 2.55. The van der Waals surface area contributed by atoms with E-state index in [1.807, 2.05) is 6.92 Å². The second-order valence-corrected chi connectivity index (χ2v) is 4.55. The molecule has 0 aromatic carbocycles. The van der Waals surface area contributed by atoms with Gasteiger partial charge in [0.1, 0.15) is 0 Å². The number of rotatable bonds is 6. The summed E-state index contributed by atoms with van der Waals surface area (Å²) in [6.45, 7) is 4.93. The predicted octanol–water partition coefficient (Wildman–Crippen LogP) is 2.36. The smallest absolute Gasteiger partial charge is 0.203 e. The van der Waals surface area contributed by atoms with Gasteiger partial charge < -0.3 is 14.6 Å². The minimum atomic E-state index is 0.351. The van der Waals surface area contributed by atoms with Gasteiger partial charge in [-0.15, -0.1) is 0 Å². The maximum absolute atomic E-state index is 5.19. The van der Waals surface area contributed by atoms with Gasteiger partial charge in [0, 0.05) is 19.3 Å². The number of nitrogens with zero attached hydrogens (tertiary/aromatic N) is 2. The highest BCUT2D eigenvalue weighted by Gasteiger charge is 2.26. The quantitative estimate of drug-likeness (QED) is 0.804. The van der Waals surface area contributed by atoms with E-state index in [-0.39, 0.29) is 0 Å². The SMILES string of the molecule is CCC(COC)Nc1nc(C)cn1C1CC1. The van der Waals surface area contributed by atoms with Crippen LogP contribution in [0.15, 0.2) is 6.20 Å². The summed E-state index contributed by atoms with van der Waals surface area (Å²) in [4.78, 5) is 4.54. The van der Waals surface area contributed by atoms with Crippen molar-refractivity contribution in [3.8, 4) is 0 Å². The van der Waals surface area contributed by atoms with E-state index in [2.05, 4.69) is 28.0 Å². The molecule has 1 aromatic heterocycles. The molecule has 90 valence electrons. The highest BCUT2D eigenvalue weighted by atomic mass is 16.5. The minimum absolute atomic E-state index is 0.351. The van der Waals surface area contributed by atoms with Crippen molar-refractivity contribution < 1.29 is 4.74 Å². The molecule has 16 heavy (non-hydrogen) atoms. The highest BCUT2D eigenvalue weighted by molar-refractivity contribution is 5.32. The first-order valence-electron chi connectivity index (χ1n) is 6.05. The molecular weight excluding hydrogens is 202 g/mol. The lowest BCUT2D eigenvalue weighted by Gasteiger charge is -2.17. The second-order valence-electron chi connectivity index (χ2n) is 4.55. The monoisotopic (exact) mass is 223 g/mol. The number of hydrogen-bond acceptors (Lipinski definition) is 3. The Hall–Kier alpha value is -1.03. The first-order valence-corrected chi connectivity index (χ1v) is 6.05. The van der Waals surface area contributed by atoms with Crippen LogP contribution >= 0.6 is 0 Å². The fourth-order valence-corrected chi connectivity index (χ4v) is 1.90. The van der Waals surface area contributed by atoms with Gasteiger partial charge in [-0.05, 0) is 26.2 Å². The molecule has 4 nitrogen and oxygen atoms in total. The van der Waals surface area contributed by atoms with Crippen LogP contribution in [0.2, 0.25) is 0 Å². The molecule has 1 fully saturated rings. The standard InChI is InChI=1S/C12H21N3O/c1-4-10(8-16-3)14-12-13-9(2)7-15(12)11-5-6-11/h7,10-11H,4-6,8H2,1-3H3,(H,13,14). The molecular formula is C12H21N3O. The van der Waals surface area contributed by atoms with Crippen LogP contribution in [0.5, 0.6) is 0 Å². The van der Waals surface area contributed by atoms with Crippen molar-refractivity contribution >= 4 is 5.95 Å². The minimum Gasteiger partial charge on any atom is -0.383 e. The molecule has 1 saturated carbocycles. The number of aromatic nitrogens is 2. The molecule has 1 heterocycles. The Morgan fingerprint density at radius 1 is 1.62 bits per heavy atom. The summed E-state index contributed by atoms with van der Waals surface area (Å²) < 4.78 is 7.46. The highest BCUT2D eigenvalue weighted by Crippen LogP contribution is 2.37. The Labute approximate surface area is 97.0 Å². The molecule has 0 saturated heterocycles. The largest absolute Gasteiger partial charge is 0.383 e. The third-order valence-corrected chi connectivity index (χ3v) is 2.99. The number of imidazole rings is 1. The van der Waals surface area contributed by atoms with Gasteiger partial charge in [-0.25, -0.2) is 4.98 Å². The zero-order valence-corrected chi connectivity index (χ0v) is 10.4. The molecule has 1 N–H and O–H groups in total. The van der Waals surface area contributed by atoms with E-state index in [1.54, 1.807) is 7.11 Å². The van der Waals surface area contributed by atoms with Gasteiger partial charge in [-0.1, -0.05) is 6.92 Å². The molecule has 0 spiro atoms. The molecule has 1 atom stereocenters. The van der Waals surface area contributed by atoms with Crippen LogP contribution in [0.1, 0.15) is 37.9 Å². The summed E-state index contributed by atoms with van der Waals surface area (Å²) >= 11 is 0. The molecule has 0 amide bonds. The Kier molecular flexibility index (Phi) is 3.49. The molecule has 2 rings (SSSR count). The van der Waals surface area contributed by atoms with Crippen molar-refractivity contribution in [1.82, 2.24) is 9.55 Å². The van der Waals surface area contributed by atoms with E-state index in [9.17, 15) is 0 Å². The number of methoxy groups -OCH3 is 1. The Morgan fingerprint density at radius 2 is 2.38 bits per heavy atom. The van der Waals surface area contributed by atoms with E-state index in [0.29, 0.717) is 12.1 Å². The average molecular weight is 223 g/mol. The maximum atomic E-state index is 5.19. The normalized spacial score (nSPS) is 17.4. The van der Waals surface area contributed by atoms with Crippen molar-refractivity contribution in [3.05, 3.63) is 11.9 Å².